The predicted octanol–water partition coefficient (Wildman–Crippen LogP) is 3.54. The normalized spacial score (nSPS) is 16.2. The molecule has 0 spiro atoms. The van der Waals surface area contributed by atoms with Crippen LogP contribution in [0, 0.1) is 5.82 Å². The Hall–Kier alpha value is -2.83. The first-order chi connectivity index (χ1) is 15.6. The molecule has 1 aliphatic rings. The summed E-state index contributed by atoms with van der Waals surface area (Å²) < 4.78 is 83.7. The van der Waals surface area contributed by atoms with Crippen molar-refractivity contribution in [2.75, 3.05) is 26.2 Å². The van der Waals surface area contributed by atoms with Gasteiger partial charge in [0.05, 0.1) is 17.9 Å². The Bertz CT molecular complexity index is 1200. The highest BCUT2D eigenvalue weighted by Gasteiger charge is 2.31. The maximum absolute atomic E-state index is 13.0. The molecule has 0 radical (unpaired) electrons. The third kappa shape index (κ3) is 5.75. The number of sulfonamides is 1. The van der Waals surface area contributed by atoms with E-state index in [1.54, 1.807) is 0 Å². The number of piperazine rings is 1. The molecule has 1 fully saturated rings. The van der Waals surface area contributed by atoms with Gasteiger partial charge < -0.3 is 4.52 Å². The van der Waals surface area contributed by atoms with Gasteiger partial charge in [0.15, 0.2) is 0 Å². The van der Waals surface area contributed by atoms with Crippen molar-refractivity contribution in [1.29, 1.82) is 0 Å². The van der Waals surface area contributed by atoms with Gasteiger partial charge in [-0.3, -0.25) is 4.90 Å². The molecule has 0 bridgehead atoms. The SMILES string of the molecule is O=S(=O)(Cc1ccc(F)cc1)N1CCN(Cc2nc(-c3cccc(C(F)(F)F)c3)no2)CC1. The topological polar surface area (TPSA) is 79.5 Å². The summed E-state index contributed by atoms with van der Waals surface area (Å²) in [5.74, 6) is -0.360. The molecule has 12 heteroatoms. The molecule has 0 N–H and O–H groups in total. The number of aromatic nitrogens is 2. The van der Waals surface area contributed by atoms with Crippen LogP contribution in [0.1, 0.15) is 17.0 Å². The van der Waals surface area contributed by atoms with Gasteiger partial charge in [-0.2, -0.15) is 22.5 Å². The van der Waals surface area contributed by atoms with Crippen molar-refractivity contribution >= 4 is 10.0 Å². The first-order valence-corrected chi connectivity index (χ1v) is 11.7. The number of hydrogen-bond donors (Lipinski definition) is 0. The summed E-state index contributed by atoms with van der Waals surface area (Å²) in [6.07, 6.45) is -4.47. The zero-order chi connectivity index (χ0) is 23.6. The number of alkyl halides is 3. The Morgan fingerprint density at radius 1 is 1.00 bits per heavy atom. The summed E-state index contributed by atoms with van der Waals surface area (Å²) in [6, 6.07) is 10.0. The van der Waals surface area contributed by atoms with Crippen LogP contribution in [0.4, 0.5) is 17.6 Å². The van der Waals surface area contributed by atoms with Crippen LogP contribution in [-0.4, -0.2) is 53.9 Å². The number of halogens is 4. The van der Waals surface area contributed by atoms with Crippen LogP contribution >= 0.6 is 0 Å². The van der Waals surface area contributed by atoms with Crippen LogP contribution in [0.25, 0.3) is 11.4 Å². The average Bonchev–Trinajstić information content (AvgIpc) is 3.24. The van der Waals surface area contributed by atoms with E-state index in [9.17, 15) is 26.0 Å². The molecule has 0 atom stereocenters. The van der Waals surface area contributed by atoms with Gasteiger partial charge in [-0.25, -0.2) is 12.8 Å². The molecule has 3 aromatic rings. The highest BCUT2D eigenvalue weighted by Crippen LogP contribution is 2.31. The third-order valence-corrected chi connectivity index (χ3v) is 7.11. The Morgan fingerprint density at radius 3 is 2.36 bits per heavy atom. The first kappa shape index (κ1) is 23.3. The molecule has 2 aromatic carbocycles. The molecule has 0 saturated carbocycles. The maximum Gasteiger partial charge on any atom is 0.416 e. The molecule has 1 aromatic heterocycles. The minimum atomic E-state index is -4.47. The van der Waals surface area contributed by atoms with Crippen molar-refractivity contribution in [3.63, 3.8) is 0 Å². The van der Waals surface area contributed by atoms with Crippen LogP contribution in [-0.2, 0) is 28.5 Å². The molecule has 1 saturated heterocycles. The van der Waals surface area contributed by atoms with Crippen LogP contribution in [0.3, 0.4) is 0 Å². The van der Waals surface area contributed by atoms with Gasteiger partial charge in [0.25, 0.3) is 0 Å². The summed E-state index contributed by atoms with van der Waals surface area (Å²) in [6.45, 7) is 1.61. The van der Waals surface area contributed by atoms with Crippen molar-refractivity contribution in [1.82, 2.24) is 19.3 Å². The van der Waals surface area contributed by atoms with Crippen LogP contribution < -0.4 is 0 Å². The molecule has 176 valence electrons. The van der Waals surface area contributed by atoms with Gasteiger partial charge in [-0.05, 0) is 29.8 Å². The Balaban J connectivity index is 1.34. The van der Waals surface area contributed by atoms with Crippen molar-refractivity contribution in [2.24, 2.45) is 0 Å². The molecule has 4 rings (SSSR count). The molecule has 33 heavy (non-hydrogen) atoms. The van der Waals surface area contributed by atoms with E-state index >= 15 is 0 Å². The number of nitrogens with zero attached hydrogens (tertiary/aromatic N) is 4. The highest BCUT2D eigenvalue weighted by atomic mass is 32.2. The lowest BCUT2D eigenvalue weighted by molar-refractivity contribution is -0.137. The van der Waals surface area contributed by atoms with Crippen LogP contribution in [0.2, 0.25) is 0 Å². The molecule has 1 aliphatic heterocycles. The molecule has 0 aliphatic carbocycles. The standard InChI is InChI=1S/C21H20F4N4O3S/c22-18-6-4-15(5-7-18)14-33(30,31)29-10-8-28(9-11-29)13-19-26-20(27-32-19)16-2-1-3-17(12-16)21(23,24)25/h1-7,12H,8-11,13-14H2. The summed E-state index contributed by atoms with van der Waals surface area (Å²) in [5.41, 5.74) is -0.104. The van der Waals surface area contributed by atoms with Crippen molar-refractivity contribution in [3.05, 3.63) is 71.4 Å². The van der Waals surface area contributed by atoms with Gasteiger partial charge in [-0.1, -0.05) is 29.4 Å². The van der Waals surface area contributed by atoms with E-state index in [0.29, 0.717) is 18.7 Å². The first-order valence-electron chi connectivity index (χ1n) is 10.0. The number of rotatable bonds is 6. The van der Waals surface area contributed by atoms with E-state index in [2.05, 4.69) is 10.1 Å². The second-order valence-electron chi connectivity index (χ2n) is 7.65. The van der Waals surface area contributed by atoms with E-state index in [-0.39, 0.29) is 42.7 Å². The fourth-order valence-corrected chi connectivity index (χ4v) is 5.03. The van der Waals surface area contributed by atoms with Gasteiger partial charge in [0, 0.05) is 31.7 Å². The van der Waals surface area contributed by atoms with Gasteiger partial charge in [0.2, 0.25) is 21.7 Å². The molecular weight excluding hydrogens is 464 g/mol. The quantitative estimate of drug-likeness (QED) is 0.498. The zero-order valence-corrected chi connectivity index (χ0v) is 18.1. The maximum atomic E-state index is 13.0. The monoisotopic (exact) mass is 484 g/mol. The Kier molecular flexibility index (Phi) is 6.50. The van der Waals surface area contributed by atoms with E-state index in [0.717, 1.165) is 12.1 Å². The van der Waals surface area contributed by atoms with Gasteiger partial charge in [-0.15, -0.1) is 0 Å². The largest absolute Gasteiger partial charge is 0.416 e. The molecular formula is C21H20F4N4O3S. The van der Waals surface area contributed by atoms with Crippen LogP contribution in [0.5, 0.6) is 0 Å². The van der Waals surface area contributed by atoms with Gasteiger partial charge in [0.1, 0.15) is 5.82 Å². The zero-order valence-electron chi connectivity index (χ0n) is 17.3. The van der Waals surface area contributed by atoms with Crippen molar-refractivity contribution in [2.45, 2.75) is 18.5 Å². The lowest BCUT2D eigenvalue weighted by Gasteiger charge is -2.33. The van der Waals surface area contributed by atoms with E-state index < -0.39 is 27.6 Å². The summed E-state index contributed by atoms with van der Waals surface area (Å²) >= 11 is 0. The Morgan fingerprint density at radius 2 is 1.70 bits per heavy atom. The lowest BCUT2D eigenvalue weighted by Crippen LogP contribution is -2.48. The third-order valence-electron chi connectivity index (χ3n) is 5.26. The lowest BCUT2D eigenvalue weighted by atomic mass is 10.1. The smallest absolute Gasteiger partial charge is 0.338 e. The summed E-state index contributed by atoms with van der Waals surface area (Å²) in [7, 11) is -3.55. The number of benzene rings is 2. The average molecular weight is 484 g/mol. The van der Waals surface area contributed by atoms with Crippen molar-refractivity contribution < 1.29 is 30.5 Å². The minimum absolute atomic E-state index is 0.0524. The summed E-state index contributed by atoms with van der Waals surface area (Å²) in [5, 5.41) is 3.77. The number of hydrogen-bond acceptors (Lipinski definition) is 6. The minimum Gasteiger partial charge on any atom is -0.338 e. The second-order valence-corrected chi connectivity index (χ2v) is 9.62. The molecule has 2 heterocycles. The molecule has 7 nitrogen and oxygen atoms in total. The fraction of sp³-hybridized carbons (Fsp3) is 0.333. The fourth-order valence-electron chi connectivity index (χ4n) is 3.51. The van der Waals surface area contributed by atoms with E-state index in [4.69, 9.17) is 4.52 Å². The van der Waals surface area contributed by atoms with Gasteiger partial charge >= 0.3 is 6.18 Å². The van der Waals surface area contributed by atoms with Crippen molar-refractivity contribution in [3.8, 4) is 11.4 Å². The van der Waals surface area contributed by atoms with E-state index in [1.807, 2.05) is 4.90 Å². The molecule has 0 unspecified atom stereocenters. The van der Waals surface area contributed by atoms with Crippen LogP contribution in [0.15, 0.2) is 53.1 Å². The Labute approximate surface area is 187 Å². The predicted molar refractivity (Wildman–Crippen MR) is 111 cm³/mol. The highest BCUT2D eigenvalue weighted by molar-refractivity contribution is 7.88. The molecule has 0 amide bonds. The summed E-state index contributed by atoms with van der Waals surface area (Å²) in [4.78, 5) is 6.10. The van der Waals surface area contributed by atoms with E-state index in [1.165, 1.54) is 40.7 Å². The second kappa shape index (κ2) is 9.20.